The summed E-state index contributed by atoms with van der Waals surface area (Å²) in [4.78, 5) is 4.15. The molecule has 0 radical (unpaired) electrons. The fraction of sp³-hybridized carbons (Fsp3) is 0.357. The van der Waals surface area contributed by atoms with E-state index in [9.17, 15) is 4.39 Å². The van der Waals surface area contributed by atoms with Crippen molar-refractivity contribution in [1.82, 2.24) is 5.32 Å². The van der Waals surface area contributed by atoms with Crippen molar-refractivity contribution in [3.63, 3.8) is 0 Å². The summed E-state index contributed by atoms with van der Waals surface area (Å²) in [6.45, 7) is 6.45. The van der Waals surface area contributed by atoms with Crippen LogP contribution < -0.4 is 15.8 Å². The average Bonchev–Trinajstić information content (AvgIpc) is 2.43. The molecule has 1 rings (SSSR count). The molecule has 1 atom stereocenters. The molecule has 112 valence electrons. The molecular weight excluding hydrogens is 372 g/mol. The standard InChI is InChI=1S/C14H20FN3O.HI/c1-3-9-17-14(16)18-10-11(4-2)19-13-8-6-5-7-12(13)15;/h3,5-8,11H,1,4,9-10H2,2H3,(H3,16,17,18);1H. The molecule has 0 fully saturated rings. The molecule has 0 saturated heterocycles. The molecular formula is C14H21FIN3O. The Labute approximate surface area is 136 Å². The number of benzene rings is 1. The highest BCUT2D eigenvalue weighted by Crippen LogP contribution is 2.18. The number of ether oxygens (including phenoxy) is 1. The second-order valence-electron chi connectivity index (χ2n) is 3.97. The molecule has 0 amide bonds. The van der Waals surface area contributed by atoms with Crippen molar-refractivity contribution in [3.8, 4) is 5.75 Å². The number of nitrogens with zero attached hydrogens (tertiary/aromatic N) is 1. The van der Waals surface area contributed by atoms with Gasteiger partial charge in [-0.1, -0.05) is 25.1 Å². The van der Waals surface area contributed by atoms with Crippen LogP contribution in [-0.2, 0) is 0 Å². The van der Waals surface area contributed by atoms with Crippen molar-refractivity contribution in [2.24, 2.45) is 10.7 Å². The minimum atomic E-state index is -0.373. The van der Waals surface area contributed by atoms with Gasteiger partial charge in [0.25, 0.3) is 0 Å². The summed E-state index contributed by atoms with van der Waals surface area (Å²) in [6, 6.07) is 6.32. The van der Waals surface area contributed by atoms with Gasteiger partial charge in [0.05, 0.1) is 6.54 Å². The summed E-state index contributed by atoms with van der Waals surface area (Å²) in [5, 5.41) is 2.87. The number of rotatable bonds is 7. The minimum absolute atomic E-state index is 0. The lowest BCUT2D eigenvalue weighted by Crippen LogP contribution is -2.33. The Bertz CT molecular complexity index is 440. The molecule has 0 aromatic heterocycles. The third-order valence-electron chi connectivity index (χ3n) is 2.48. The molecule has 6 heteroatoms. The molecule has 0 spiro atoms. The maximum Gasteiger partial charge on any atom is 0.188 e. The van der Waals surface area contributed by atoms with Crippen LogP contribution in [0.25, 0.3) is 0 Å². The van der Waals surface area contributed by atoms with Crippen LogP contribution in [0.2, 0.25) is 0 Å². The topological polar surface area (TPSA) is 59.6 Å². The van der Waals surface area contributed by atoms with E-state index in [4.69, 9.17) is 10.5 Å². The number of hydrogen-bond donors (Lipinski definition) is 2. The quantitative estimate of drug-likeness (QED) is 0.324. The molecule has 0 saturated carbocycles. The molecule has 3 N–H and O–H groups in total. The van der Waals surface area contributed by atoms with E-state index in [0.29, 0.717) is 25.5 Å². The van der Waals surface area contributed by atoms with E-state index in [1.807, 2.05) is 6.92 Å². The molecule has 0 aliphatic carbocycles. The van der Waals surface area contributed by atoms with Crippen LogP contribution >= 0.6 is 24.0 Å². The molecule has 0 aliphatic heterocycles. The van der Waals surface area contributed by atoms with Crippen LogP contribution in [0, 0.1) is 5.82 Å². The number of hydrogen-bond acceptors (Lipinski definition) is 2. The first-order chi connectivity index (χ1) is 9.17. The summed E-state index contributed by atoms with van der Waals surface area (Å²) in [6.07, 6.45) is 2.20. The lowest BCUT2D eigenvalue weighted by molar-refractivity contribution is 0.197. The van der Waals surface area contributed by atoms with Crippen molar-refractivity contribution < 1.29 is 9.13 Å². The zero-order chi connectivity index (χ0) is 14.1. The smallest absolute Gasteiger partial charge is 0.188 e. The Morgan fingerprint density at radius 1 is 1.55 bits per heavy atom. The summed E-state index contributed by atoms with van der Waals surface area (Å²) >= 11 is 0. The monoisotopic (exact) mass is 393 g/mol. The van der Waals surface area contributed by atoms with Crippen molar-refractivity contribution >= 4 is 29.9 Å². The first-order valence-electron chi connectivity index (χ1n) is 6.23. The Morgan fingerprint density at radius 2 is 2.25 bits per heavy atom. The van der Waals surface area contributed by atoms with Crippen LogP contribution in [0.15, 0.2) is 41.9 Å². The largest absolute Gasteiger partial charge is 0.485 e. The van der Waals surface area contributed by atoms with Crippen LogP contribution in [0.3, 0.4) is 0 Å². The van der Waals surface area contributed by atoms with Crippen LogP contribution in [0.1, 0.15) is 13.3 Å². The van der Waals surface area contributed by atoms with Crippen molar-refractivity contribution in [3.05, 3.63) is 42.7 Å². The molecule has 20 heavy (non-hydrogen) atoms. The van der Waals surface area contributed by atoms with Gasteiger partial charge in [0, 0.05) is 6.54 Å². The third kappa shape index (κ3) is 6.74. The van der Waals surface area contributed by atoms with Gasteiger partial charge in [-0.2, -0.15) is 0 Å². The van der Waals surface area contributed by atoms with Crippen LogP contribution in [0.5, 0.6) is 5.75 Å². The molecule has 1 aromatic carbocycles. The Kier molecular flexibility index (Phi) is 9.79. The van der Waals surface area contributed by atoms with E-state index in [0.717, 1.165) is 0 Å². The molecule has 0 bridgehead atoms. The van der Waals surface area contributed by atoms with E-state index in [-0.39, 0.29) is 41.6 Å². The van der Waals surface area contributed by atoms with Gasteiger partial charge >= 0.3 is 0 Å². The predicted octanol–water partition coefficient (Wildman–Crippen LogP) is 2.69. The molecule has 0 aliphatic rings. The second kappa shape index (κ2) is 10.5. The fourth-order valence-electron chi connectivity index (χ4n) is 1.40. The number of nitrogens with one attached hydrogen (secondary N) is 1. The zero-order valence-electron chi connectivity index (χ0n) is 11.5. The van der Waals surface area contributed by atoms with Crippen LogP contribution in [0.4, 0.5) is 4.39 Å². The molecule has 1 unspecified atom stereocenters. The number of para-hydroxylation sites is 1. The normalized spacial score (nSPS) is 12.2. The van der Waals surface area contributed by atoms with E-state index in [1.54, 1.807) is 24.3 Å². The Balaban J connectivity index is 0.00000361. The van der Waals surface area contributed by atoms with Gasteiger partial charge in [0.1, 0.15) is 6.10 Å². The van der Waals surface area contributed by atoms with E-state index < -0.39 is 0 Å². The highest BCUT2D eigenvalue weighted by Gasteiger charge is 2.10. The van der Waals surface area contributed by atoms with Crippen LogP contribution in [-0.4, -0.2) is 25.2 Å². The second-order valence-corrected chi connectivity index (χ2v) is 3.97. The highest BCUT2D eigenvalue weighted by molar-refractivity contribution is 14.0. The zero-order valence-corrected chi connectivity index (χ0v) is 13.8. The Hall–Kier alpha value is -1.31. The number of aliphatic imine (C=N–C) groups is 1. The van der Waals surface area contributed by atoms with Gasteiger partial charge in [-0.25, -0.2) is 9.38 Å². The summed E-state index contributed by atoms with van der Waals surface area (Å²) in [5.41, 5.74) is 5.65. The SMILES string of the molecule is C=CCNC(N)=NCC(CC)Oc1ccccc1F.I. The van der Waals surface area contributed by atoms with Gasteiger partial charge in [0.15, 0.2) is 17.5 Å². The lowest BCUT2D eigenvalue weighted by atomic mass is 10.2. The van der Waals surface area contributed by atoms with Gasteiger partial charge in [-0.15, -0.1) is 30.6 Å². The first kappa shape index (κ1) is 18.7. The van der Waals surface area contributed by atoms with Crippen molar-refractivity contribution in [2.75, 3.05) is 13.1 Å². The number of halogens is 2. The highest BCUT2D eigenvalue weighted by atomic mass is 127. The van der Waals surface area contributed by atoms with Crippen molar-refractivity contribution in [2.45, 2.75) is 19.4 Å². The minimum Gasteiger partial charge on any atom is -0.485 e. The summed E-state index contributed by atoms with van der Waals surface area (Å²) in [5.74, 6) is 0.195. The van der Waals surface area contributed by atoms with E-state index in [1.165, 1.54) is 6.07 Å². The van der Waals surface area contributed by atoms with E-state index in [2.05, 4.69) is 16.9 Å². The van der Waals surface area contributed by atoms with Gasteiger partial charge in [0.2, 0.25) is 0 Å². The number of guanidine groups is 1. The Morgan fingerprint density at radius 3 is 2.85 bits per heavy atom. The van der Waals surface area contributed by atoms with Crippen molar-refractivity contribution in [1.29, 1.82) is 0 Å². The summed E-state index contributed by atoms with van der Waals surface area (Å²) < 4.78 is 19.0. The molecule has 0 heterocycles. The van der Waals surface area contributed by atoms with E-state index >= 15 is 0 Å². The maximum atomic E-state index is 13.4. The fourth-order valence-corrected chi connectivity index (χ4v) is 1.40. The summed E-state index contributed by atoms with van der Waals surface area (Å²) in [7, 11) is 0. The third-order valence-corrected chi connectivity index (χ3v) is 2.48. The lowest BCUT2D eigenvalue weighted by Gasteiger charge is -2.16. The van der Waals surface area contributed by atoms with Gasteiger partial charge in [-0.05, 0) is 18.6 Å². The van der Waals surface area contributed by atoms with Gasteiger partial charge < -0.3 is 15.8 Å². The molecule has 1 aromatic rings. The molecule has 4 nitrogen and oxygen atoms in total. The van der Waals surface area contributed by atoms with Gasteiger partial charge in [-0.3, -0.25) is 0 Å². The average molecular weight is 393 g/mol. The first-order valence-corrected chi connectivity index (χ1v) is 6.23. The number of nitrogens with two attached hydrogens (primary N) is 1. The maximum absolute atomic E-state index is 13.4. The predicted molar refractivity (Wildman–Crippen MR) is 91.2 cm³/mol.